The Labute approximate surface area is 100.0 Å². The highest BCUT2D eigenvalue weighted by Crippen LogP contribution is 2.16. The fourth-order valence-corrected chi connectivity index (χ4v) is 2.19. The topological polar surface area (TPSA) is 21.7 Å². The Bertz CT molecular complexity index is 669. The first-order valence-corrected chi connectivity index (χ1v) is 5.66. The molecule has 84 valence electrons. The summed E-state index contributed by atoms with van der Waals surface area (Å²) in [5.41, 5.74) is 3.29. The predicted molar refractivity (Wildman–Crippen MR) is 67.0 cm³/mol. The first kappa shape index (κ1) is 10.0. The average Bonchev–Trinajstić information content (AvgIpc) is 2.64. The van der Waals surface area contributed by atoms with Crippen molar-refractivity contribution in [3.8, 4) is 5.69 Å². The van der Waals surface area contributed by atoms with E-state index in [2.05, 4.69) is 46.3 Å². The van der Waals surface area contributed by atoms with Crippen LogP contribution in [0.3, 0.4) is 0 Å². The van der Waals surface area contributed by atoms with Crippen molar-refractivity contribution in [1.29, 1.82) is 0 Å². The summed E-state index contributed by atoms with van der Waals surface area (Å²) in [6.45, 7) is 2.11. The van der Waals surface area contributed by atoms with E-state index in [-0.39, 0.29) is 0 Å². The Kier molecular flexibility index (Phi) is 2.18. The molecular weight excluding hydrogens is 210 g/mol. The third-order valence-corrected chi connectivity index (χ3v) is 3.16. The van der Waals surface area contributed by atoms with Gasteiger partial charge in [-0.25, -0.2) is 9.55 Å². The molecule has 0 aliphatic rings. The Hall–Kier alpha value is -2.16. The highest BCUT2D eigenvalue weighted by Gasteiger charge is 2.20. The lowest BCUT2D eigenvalue weighted by molar-refractivity contribution is -0.652. The molecule has 0 aliphatic carbocycles. The summed E-state index contributed by atoms with van der Waals surface area (Å²) in [7, 11) is 2.07. The zero-order chi connectivity index (χ0) is 11.8. The van der Waals surface area contributed by atoms with E-state index < -0.39 is 0 Å². The van der Waals surface area contributed by atoms with Crippen LogP contribution in [0.5, 0.6) is 0 Å². The molecule has 0 saturated heterocycles. The Morgan fingerprint density at radius 1 is 1.06 bits per heavy atom. The third-order valence-electron chi connectivity index (χ3n) is 3.16. The van der Waals surface area contributed by atoms with Gasteiger partial charge in [0, 0.05) is 13.1 Å². The number of fused-ring (bicyclic) bond motifs is 1. The van der Waals surface area contributed by atoms with Crippen molar-refractivity contribution >= 4 is 11.2 Å². The number of nitrogens with zero attached hydrogens (tertiary/aromatic N) is 3. The number of rotatable bonds is 1. The maximum absolute atomic E-state index is 4.48. The third kappa shape index (κ3) is 1.43. The molecule has 0 saturated carbocycles. The first-order chi connectivity index (χ1) is 8.29. The highest BCUT2D eigenvalue weighted by atomic mass is 15.2. The summed E-state index contributed by atoms with van der Waals surface area (Å²) in [5, 5.41) is 0. The molecule has 0 atom stereocenters. The van der Waals surface area contributed by atoms with Crippen LogP contribution in [0, 0.1) is 6.92 Å². The molecule has 3 nitrogen and oxygen atoms in total. The molecule has 0 bridgehead atoms. The minimum atomic E-state index is 0.999. The van der Waals surface area contributed by atoms with E-state index in [1.54, 1.807) is 0 Å². The summed E-state index contributed by atoms with van der Waals surface area (Å²) in [6.07, 6.45) is 1.83. The van der Waals surface area contributed by atoms with Crippen LogP contribution in [0.15, 0.2) is 48.7 Å². The smallest absolute Gasteiger partial charge is 0.228 e. The number of benzene rings is 1. The van der Waals surface area contributed by atoms with E-state index in [0.717, 1.165) is 16.9 Å². The number of hydrogen-bond acceptors (Lipinski definition) is 1. The van der Waals surface area contributed by atoms with Crippen LogP contribution in [-0.2, 0) is 7.05 Å². The van der Waals surface area contributed by atoms with Crippen molar-refractivity contribution in [1.82, 2.24) is 9.55 Å². The minimum absolute atomic E-state index is 0.999. The molecule has 17 heavy (non-hydrogen) atoms. The van der Waals surface area contributed by atoms with Crippen LogP contribution in [0.25, 0.3) is 16.9 Å². The molecule has 3 aromatic rings. The molecule has 2 aromatic heterocycles. The maximum Gasteiger partial charge on any atom is 0.273 e. The number of aromatic nitrogens is 3. The lowest BCUT2D eigenvalue weighted by Gasteiger charge is -1.97. The second kappa shape index (κ2) is 3.70. The van der Waals surface area contributed by atoms with Crippen molar-refractivity contribution in [3.63, 3.8) is 0 Å². The molecular formula is C14H14N3+. The van der Waals surface area contributed by atoms with Crippen molar-refractivity contribution in [2.75, 3.05) is 0 Å². The average molecular weight is 224 g/mol. The van der Waals surface area contributed by atoms with E-state index in [1.807, 2.05) is 30.5 Å². The van der Waals surface area contributed by atoms with Gasteiger partial charge in [-0.1, -0.05) is 18.2 Å². The molecule has 3 rings (SSSR count). The van der Waals surface area contributed by atoms with E-state index in [1.165, 1.54) is 5.82 Å². The summed E-state index contributed by atoms with van der Waals surface area (Å²) < 4.78 is 4.34. The zero-order valence-corrected chi connectivity index (χ0v) is 9.96. The second-order valence-corrected chi connectivity index (χ2v) is 4.12. The number of aryl methyl sites for hydroxylation is 1. The van der Waals surface area contributed by atoms with Crippen LogP contribution in [0.4, 0.5) is 0 Å². The second-order valence-electron chi connectivity index (χ2n) is 4.12. The summed E-state index contributed by atoms with van der Waals surface area (Å²) in [4.78, 5) is 4.48. The molecule has 3 heteroatoms. The number of hydrogen-bond donors (Lipinski definition) is 0. The van der Waals surface area contributed by atoms with Gasteiger partial charge < -0.3 is 0 Å². The highest BCUT2D eigenvalue weighted by molar-refractivity contribution is 5.69. The van der Waals surface area contributed by atoms with Gasteiger partial charge in [-0.2, -0.15) is 4.57 Å². The molecule has 0 aliphatic heterocycles. The molecule has 0 unspecified atom stereocenters. The Morgan fingerprint density at radius 2 is 1.82 bits per heavy atom. The van der Waals surface area contributed by atoms with Gasteiger partial charge in [0.1, 0.15) is 5.69 Å². The van der Waals surface area contributed by atoms with Crippen LogP contribution in [0.1, 0.15) is 5.82 Å². The molecule has 0 fully saturated rings. The normalized spacial score (nSPS) is 10.9. The van der Waals surface area contributed by atoms with Crippen molar-refractivity contribution in [3.05, 3.63) is 54.5 Å². The summed E-state index contributed by atoms with van der Waals surface area (Å²) in [6, 6.07) is 14.4. The fraction of sp³-hybridized carbons (Fsp3) is 0.143. The van der Waals surface area contributed by atoms with Crippen molar-refractivity contribution < 1.29 is 4.57 Å². The maximum atomic E-state index is 4.48. The minimum Gasteiger partial charge on any atom is -0.228 e. The Balaban J connectivity index is 2.41. The van der Waals surface area contributed by atoms with Gasteiger partial charge in [0.05, 0.1) is 7.05 Å². The molecule has 0 amide bonds. The van der Waals surface area contributed by atoms with Gasteiger partial charge in [0.25, 0.3) is 11.5 Å². The van der Waals surface area contributed by atoms with Gasteiger partial charge in [-0.3, -0.25) is 0 Å². The molecule has 0 N–H and O–H groups in total. The molecule has 1 aromatic carbocycles. The quantitative estimate of drug-likeness (QED) is 0.580. The monoisotopic (exact) mass is 224 g/mol. The Morgan fingerprint density at radius 3 is 2.59 bits per heavy atom. The van der Waals surface area contributed by atoms with Gasteiger partial charge in [-0.15, -0.1) is 0 Å². The molecule has 0 spiro atoms. The van der Waals surface area contributed by atoms with Gasteiger partial charge in [0.15, 0.2) is 5.52 Å². The molecule has 2 heterocycles. The predicted octanol–water partition coefficient (Wildman–Crippen LogP) is 2.16. The van der Waals surface area contributed by atoms with E-state index >= 15 is 0 Å². The number of imidazole rings is 1. The van der Waals surface area contributed by atoms with Gasteiger partial charge >= 0.3 is 0 Å². The van der Waals surface area contributed by atoms with Gasteiger partial charge in [-0.05, 0) is 24.3 Å². The largest absolute Gasteiger partial charge is 0.273 e. The van der Waals surface area contributed by atoms with E-state index in [9.17, 15) is 0 Å². The van der Waals surface area contributed by atoms with Crippen molar-refractivity contribution in [2.24, 2.45) is 7.05 Å². The first-order valence-electron chi connectivity index (χ1n) is 5.66. The van der Waals surface area contributed by atoms with Crippen LogP contribution in [-0.4, -0.2) is 9.55 Å². The lowest BCUT2D eigenvalue weighted by Crippen LogP contribution is -2.30. The van der Waals surface area contributed by atoms with Gasteiger partial charge in [0.2, 0.25) is 0 Å². The fourth-order valence-electron chi connectivity index (χ4n) is 2.19. The van der Waals surface area contributed by atoms with E-state index in [4.69, 9.17) is 0 Å². The summed E-state index contributed by atoms with van der Waals surface area (Å²) in [5.74, 6) is 1.17. The van der Waals surface area contributed by atoms with Crippen LogP contribution in [0.2, 0.25) is 0 Å². The lowest BCUT2D eigenvalue weighted by atomic mass is 10.3. The number of pyridine rings is 1. The SMILES string of the molecule is Cc1n(-c2ccccc2)c2ncccc2[n+]1C. The number of para-hydroxylation sites is 1. The zero-order valence-electron chi connectivity index (χ0n) is 9.96. The molecule has 0 radical (unpaired) electrons. The van der Waals surface area contributed by atoms with Crippen LogP contribution < -0.4 is 4.57 Å². The standard InChI is InChI=1S/C14H14N3/c1-11-16(2)13-9-6-10-15-14(13)17(11)12-7-4-3-5-8-12/h3-10H,1-2H3/q+1. The summed E-state index contributed by atoms with van der Waals surface area (Å²) >= 11 is 0. The van der Waals surface area contributed by atoms with Crippen LogP contribution >= 0.6 is 0 Å². The van der Waals surface area contributed by atoms with Crippen molar-refractivity contribution in [2.45, 2.75) is 6.92 Å². The van der Waals surface area contributed by atoms with E-state index in [0.29, 0.717) is 0 Å².